The van der Waals surface area contributed by atoms with Crippen LogP contribution >= 0.6 is 54.2 Å². The van der Waals surface area contributed by atoms with Crippen molar-refractivity contribution in [2.24, 2.45) is 0 Å². The van der Waals surface area contributed by atoms with E-state index in [0.29, 0.717) is 27.0 Å². The second-order valence-electron chi connectivity index (χ2n) is 13.1. The molecule has 4 N–H and O–H groups in total. The molecule has 2 aromatic carbocycles. The molecule has 0 radical (unpaired) electrons. The number of benzene rings is 2. The zero-order chi connectivity index (χ0) is 47.2. The van der Waals surface area contributed by atoms with E-state index in [9.17, 15) is 41.0 Å². The molecule has 0 aliphatic carbocycles. The molecule has 0 amide bonds. The SMILES string of the molecule is CCCCCCCCSC(=O)Oc1cc(Cl)nnc1-c1ccccc1.C[S+](C)C.Cc1nn(-c2cc(NS(C)(=O)=O)c(Cl)cc2Cl)c(=O)n1C(F)F.O=C(O)CNCP(=O)([O-])O. The predicted octanol–water partition coefficient (Wildman–Crippen LogP) is 7.46. The Morgan fingerprint density at radius 2 is 1.61 bits per heavy atom. The molecule has 0 saturated carbocycles. The van der Waals surface area contributed by atoms with Crippen LogP contribution in [0.5, 0.6) is 5.75 Å². The number of anilines is 1. The molecule has 0 fully saturated rings. The van der Waals surface area contributed by atoms with Gasteiger partial charge in [-0.25, -0.2) is 22.6 Å². The molecule has 0 spiro atoms. The van der Waals surface area contributed by atoms with Crippen molar-refractivity contribution in [3.8, 4) is 22.7 Å². The van der Waals surface area contributed by atoms with Crippen LogP contribution < -0.4 is 25.4 Å². The lowest BCUT2D eigenvalue weighted by molar-refractivity contribution is -0.193. The van der Waals surface area contributed by atoms with Crippen LogP contribution in [-0.4, -0.2) is 97.8 Å². The molecule has 0 bridgehead atoms. The van der Waals surface area contributed by atoms with Crippen LogP contribution in [0.1, 0.15) is 57.8 Å². The smallest absolute Gasteiger partial charge is 0.372 e. The van der Waals surface area contributed by atoms with Crippen molar-refractivity contribution >= 4 is 92.0 Å². The van der Waals surface area contributed by atoms with Gasteiger partial charge in [0.1, 0.15) is 19.1 Å². The molecule has 2 heterocycles. The van der Waals surface area contributed by atoms with Crippen LogP contribution in [0.3, 0.4) is 0 Å². The van der Waals surface area contributed by atoms with Crippen molar-refractivity contribution in [3.63, 3.8) is 0 Å². The Balaban J connectivity index is 0.000000478. The fraction of sp³-hybridized carbons (Fsp3) is 0.444. The van der Waals surface area contributed by atoms with Crippen molar-refractivity contribution in [3.05, 3.63) is 80.0 Å². The highest BCUT2D eigenvalue weighted by atomic mass is 35.5. The highest BCUT2D eigenvalue weighted by Crippen LogP contribution is 2.32. The maximum atomic E-state index is 12.8. The summed E-state index contributed by atoms with van der Waals surface area (Å²) in [7, 11) is -7.36. The summed E-state index contributed by atoms with van der Waals surface area (Å²) in [6.07, 6.45) is 14.0. The second-order valence-corrected chi connectivity index (χ2v) is 21.1. The number of thioether (sulfide) groups is 1. The Morgan fingerprint density at radius 1 is 1.02 bits per heavy atom. The Morgan fingerprint density at radius 3 is 2.15 bits per heavy atom. The number of ether oxygens (including phenoxy) is 1. The topological polar surface area (TPSA) is 248 Å². The van der Waals surface area contributed by atoms with Gasteiger partial charge >= 0.3 is 23.5 Å². The van der Waals surface area contributed by atoms with Gasteiger partial charge < -0.3 is 24.2 Å². The molecule has 26 heteroatoms. The number of hydrogen-bond donors (Lipinski definition) is 4. The van der Waals surface area contributed by atoms with E-state index in [-0.39, 0.29) is 42.3 Å². The van der Waals surface area contributed by atoms with Crippen molar-refractivity contribution in [2.75, 3.05) is 48.3 Å². The summed E-state index contributed by atoms with van der Waals surface area (Å²) >= 11 is 18.9. The number of carbonyl (C=O) groups is 2. The van der Waals surface area contributed by atoms with Crippen LogP contribution in [0.25, 0.3) is 16.9 Å². The Labute approximate surface area is 380 Å². The molecule has 62 heavy (non-hydrogen) atoms. The van der Waals surface area contributed by atoms with Crippen LogP contribution in [0.4, 0.5) is 19.3 Å². The number of rotatable bonds is 17. The average Bonchev–Trinajstić information content (AvgIpc) is 3.45. The highest BCUT2D eigenvalue weighted by molar-refractivity contribution is 8.13. The molecule has 0 aliphatic heterocycles. The maximum absolute atomic E-state index is 12.8. The standard InChI is InChI=1S/C19H23ClN2O2S.C11H10Cl2F2N4O3S.C3H8NO5P.C3H9S/c1-2-3-4-5-6-10-13-25-19(23)24-16-14-17(20)21-22-18(16)15-11-8-7-9-12-15;1-5-16-19(11(20)18(5)10(14)15)9-4-8(17-23(2,21)22)6(12)3-7(9)13;5-3(6)1-4-2-10(7,8)9;1-4(2)3/h7-9,11-12,14H,2-6,10,13H2,1H3;3-4,10,17H,1-2H3;4H,1-2H2,(H,5,6)(H2,7,8,9);1-3H3/q;;;+1/p-1. The van der Waals surface area contributed by atoms with E-state index < -0.39 is 48.7 Å². The summed E-state index contributed by atoms with van der Waals surface area (Å²) < 4.78 is 66.7. The fourth-order valence-corrected chi connectivity index (χ4v) is 6.85. The number of carbonyl (C=O) groups excluding carboxylic acids is 1. The molecule has 0 aliphatic rings. The predicted molar refractivity (Wildman–Crippen MR) is 242 cm³/mol. The number of halogens is 5. The lowest BCUT2D eigenvalue weighted by Crippen LogP contribution is -2.25. The lowest BCUT2D eigenvalue weighted by atomic mass is 10.1. The normalized spacial score (nSPS) is 11.9. The van der Waals surface area contributed by atoms with E-state index in [1.54, 1.807) is 0 Å². The molecular formula is C36H49Cl3F2N7O10PS3. The van der Waals surface area contributed by atoms with E-state index in [4.69, 9.17) is 49.5 Å². The number of sulfonamides is 1. The van der Waals surface area contributed by atoms with Gasteiger partial charge in [-0.15, -0.1) is 15.3 Å². The van der Waals surface area contributed by atoms with Gasteiger partial charge in [-0.05, 0) is 48.1 Å². The minimum Gasteiger partial charge on any atom is -0.778 e. The van der Waals surface area contributed by atoms with Crippen LogP contribution in [0, 0.1) is 6.92 Å². The summed E-state index contributed by atoms with van der Waals surface area (Å²) in [6.45, 7) is -0.123. The van der Waals surface area contributed by atoms with Crippen LogP contribution in [0.2, 0.25) is 15.2 Å². The van der Waals surface area contributed by atoms with Gasteiger partial charge in [0.25, 0.3) is 0 Å². The zero-order valence-electron chi connectivity index (χ0n) is 34.5. The largest absolute Gasteiger partial charge is 0.778 e. The van der Waals surface area contributed by atoms with Crippen molar-refractivity contribution < 1.29 is 51.0 Å². The lowest BCUT2D eigenvalue weighted by Gasteiger charge is -2.14. The average molecular weight is 1010 g/mol. The number of carboxylic acids is 1. The van der Waals surface area contributed by atoms with E-state index in [0.717, 1.165) is 36.5 Å². The third-order valence-corrected chi connectivity index (χ3v) is 9.84. The first kappa shape index (κ1) is 56.7. The summed E-state index contributed by atoms with van der Waals surface area (Å²) in [5, 5.41) is 21.4. The number of aromatic nitrogens is 5. The number of nitrogens with zero attached hydrogens (tertiary/aromatic N) is 5. The van der Waals surface area contributed by atoms with Crippen LogP contribution in [0.15, 0.2) is 53.3 Å². The molecule has 1 unspecified atom stereocenters. The van der Waals surface area contributed by atoms with Gasteiger partial charge in [0.2, 0.25) is 10.0 Å². The van der Waals surface area contributed by atoms with E-state index in [1.165, 1.54) is 56.5 Å². The summed E-state index contributed by atoms with van der Waals surface area (Å²) in [5.74, 6) is -0.300. The van der Waals surface area contributed by atoms with E-state index >= 15 is 0 Å². The Bertz CT molecular complexity index is 2250. The first-order valence-corrected chi connectivity index (χ1v) is 26.4. The third-order valence-electron chi connectivity index (χ3n) is 7.01. The van der Waals surface area contributed by atoms with Crippen molar-refractivity contribution in [2.45, 2.75) is 58.9 Å². The molecular weight excluding hydrogens is 962 g/mol. The van der Waals surface area contributed by atoms with Gasteiger partial charge in [-0.3, -0.25) is 14.8 Å². The molecule has 2 aromatic heterocycles. The molecule has 0 saturated heterocycles. The molecule has 346 valence electrons. The minimum atomic E-state index is -4.35. The Kier molecular flexibility index (Phi) is 26.0. The van der Waals surface area contributed by atoms with E-state index in [1.807, 2.05) is 35.6 Å². The number of aliphatic carboxylic acids is 1. The van der Waals surface area contributed by atoms with Gasteiger partial charge in [-0.1, -0.05) is 104 Å². The molecule has 17 nitrogen and oxygen atoms in total. The van der Waals surface area contributed by atoms with Crippen LogP contribution in [-0.2, 0) is 30.3 Å². The first-order valence-electron chi connectivity index (χ1n) is 18.2. The molecule has 1 atom stereocenters. The maximum Gasteiger partial charge on any atom is 0.372 e. The van der Waals surface area contributed by atoms with E-state index in [2.05, 4.69) is 45.7 Å². The van der Waals surface area contributed by atoms with Crippen molar-refractivity contribution in [1.82, 2.24) is 29.9 Å². The zero-order valence-corrected chi connectivity index (χ0v) is 40.1. The summed E-state index contributed by atoms with van der Waals surface area (Å²) in [5.41, 5.74) is 0.0698. The fourth-order valence-electron chi connectivity index (χ4n) is 4.52. The number of hydrogen-bond acceptors (Lipinski definition) is 13. The highest BCUT2D eigenvalue weighted by Gasteiger charge is 2.21. The summed E-state index contributed by atoms with van der Waals surface area (Å²) in [6, 6.07) is 13.3. The number of alkyl halides is 2. The number of aryl methyl sites for hydroxylation is 1. The number of carboxylic acid groups (broad SMARTS) is 1. The quantitative estimate of drug-likeness (QED) is 0.0347. The molecule has 4 aromatic rings. The molecule has 4 rings (SSSR count). The monoisotopic (exact) mass is 1010 g/mol. The first-order chi connectivity index (χ1) is 28.9. The van der Waals surface area contributed by atoms with Gasteiger partial charge in [0.15, 0.2) is 10.9 Å². The summed E-state index contributed by atoms with van der Waals surface area (Å²) in [4.78, 5) is 51.9. The number of unbranched alkanes of at least 4 members (excludes halogenated alkanes) is 5. The second kappa shape index (κ2) is 28.5. The minimum absolute atomic E-state index is 0.0257. The number of nitrogens with one attached hydrogen (secondary N) is 2. The third kappa shape index (κ3) is 23.4. The van der Waals surface area contributed by atoms with Gasteiger partial charge in [-0.2, -0.15) is 13.5 Å². The van der Waals surface area contributed by atoms with Crippen molar-refractivity contribution in [1.29, 1.82) is 0 Å². The van der Waals surface area contributed by atoms with Gasteiger partial charge in [0, 0.05) is 17.4 Å². The Hall–Kier alpha value is -3.31. The van der Waals surface area contributed by atoms with Gasteiger partial charge in [0.05, 0.1) is 59.3 Å².